The average Bonchev–Trinajstić information content (AvgIpc) is 2.73. The topological polar surface area (TPSA) is 55.1 Å². The third kappa shape index (κ3) is 3.13. The number of benzene rings is 1. The highest BCUT2D eigenvalue weighted by atomic mass is 19.1. The normalized spacial score (nSPS) is 26.4. The first kappa shape index (κ1) is 14.0. The summed E-state index contributed by atoms with van der Waals surface area (Å²) in [5.74, 6) is -0.197. The molecule has 2 unspecified atom stereocenters. The van der Waals surface area contributed by atoms with Crippen molar-refractivity contribution in [3.63, 3.8) is 0 Å². The second kappa shape index (κ2) is 5.70. The molecule has 0 heterocycles. The Morgan fingerprint density at radius 1 is 1.47 bits per heavy atom. The smallest absolute Gasteiger partial charge is 0.227 e. The zero-order valence-corrected chi connectivity index (χ0v) is 11.3. The zero-order valence-electron chi connectivity index (χ0n) is 11.3. The van der Waals surface area contributed by atoms with E-state index in [1.54, 1.807) is 12.1 Å². The van der Waals surface area contributed by atoms with Crippen LogP contribution in [0.15, 0.2) is 24.3 Å². The number of nitrogens with two attached hydrogens (primary N) is 1. The molecular formula is C15H21FN2O. The van der Waals surface area contributed by atoms with E-state index in [4.69, 9.17) is 5.73 Å². The Kier molecular flexibility index (Phi) is 4.20. The molecule has 2 rings (SSSR count). The van der Waals surface area contributed by atoms with E-state index in [0.29, 0.717) is 13.0 Å². The summed E-state index contributed by atoms with van der Waals surface area (Å²) in [5, 5.41) is 2.95. The molecule has 1 saturated carbocycles. The number of carbonyl (C=O) groups excluding carboxylic acids is 1. The van der Waals surface area contributed by atoms with E-state index >= 15 is 0 Å². The van der Waals surface area contributed by atoms with Crippen LogP contribution in [0.2, 0.25) is 0 Å². The Morgan fingerprint density at radius 2 is 2.16 bits per heavy atom. The van der Waals surface area contributed by atoms with Gasteiger partial charge in [-0.15, -0.1) is 0 Å². The van der Waals surface area contributed by atoms with E-state index < -0.39 is 5.41 Å². The van der Waals surface area contributed by atoms with Gasteiger partial charge < -0.3 is 11.1 Å². The summed E-state index contributed by atoms with van der Waals surface area (Å²) in [6.45, 7) is 2.50. The summed E-state index contributed by atoms with van der Waals surface area (Å²) in [7, 11) is 0. The molecule has 0 aromatic heterocycles. The SMILES string of the molecule is CC1(C(=O)NCCc2ccc(F)cc2)CCCC1N. The van der Waals surface area contributed by atoms with E-state index in [1.807, 2.05) is 6.92 Å². The highest BCUT2D eigenvalue weighted by Crippen LogP contribution is 2.36. The third-order valence-corrected chi connectivity index (χ3v) is 4.16. The van der Waals surface area contributed by atoms with Crippen molar-refractivity contribution in [1.82, 2.24) is 5.32 Å². The molecule has 104 valence electrons. The Bertz CT molecular complexity index is 446. The first-order valence-corrected chi connectivity index (χ1v) is 6.81. The van der Waals surface area contributed by atoms with Crippen molar-refractivity contribution in [3.8, 4) is 0 Å². The third-order valence-electron chi connectivity index (χ3n) is 4.16. The maximum absolute atomic E-state index is 12.8. The largest absolute Gasteiger partial charge is 0.355 e. The van der Waals surface area contributed by atoms with Gasteiger partial charge in [0.05, 0.1) is 5.41 Å². The lowest BCUT2D eigenvalue weighted by atomic mass is 9.84. The Labute approximate surface area is 113 Å². The molecule has 0 bridgehead atoms. The number of halogens is 1. The second-order valence-corrected chi connectivity index (χ2v) is 5.55. The van der Waals surface area contributed by atoms with E-state index in [0.717, 1.165) is 24.8 Å². The van der Waals surface area contributed by atoms with Crippen molar-refractivity contribution in [2.75, 3.05) is 6.54 Å². The molecule has 4 heteroatoms. The van der Waals surface area contributed by atoms with Crippen LogP contribution in [0, 0.1) is 11.2 Å². The maximum Gasteiger partial charge on any atom is 0.227 e. The lowest BCUT2D eigenvalue weighted by Gasteiger charge is -2.27. The first-order valence-electron chi connectivity index (χ1n) is 6.81. The molecule has 0 spiro atoms. The minimum atomic E-state index is -0.428. The van der Waals surface area contributed by atoms with Crippen molar-refractivity contribution in [2.45, 2.75) is 38.6 Å². The standard InChI is InChI=1S/C15H21FN2O/c1-15(9-2-3-13(15)17)14(19)18-10-8-11-4-6-12(16)7-5-11/h4-7,13H,2-3,8-10,17H2,1H3,(H,18,19). The van der Waals surface area contributed by atoms with Crippen LogP contribution in [-0.4, -0.2) is 18.5 Å². The fraction of sp³-hybridized carbons (Fsp3) is 0.533. The molecular weight excluding hydrogens is 243 g/mol. The lowest BCUT2D eigenvalue weighted by Crippen LogP contribution is -2.47. The van der Waals surface area contributed by atoms with Crippen molar-refractivity contribution < 1.29 is 9.18 Å². The monoisotopic (exact) mass is 264 g/mol. The van der Waals surface area contributed by atoms with Crippen LogP contribution in [0.1, 0.15) is 31.7 Å². The molecule has 0 saturated heterocycles. The number of amides is 1. The minimum Gasteiger partial charge on any atom is -0.355 e. The summed E-state index contributed by atoms with van der Waals surface area (Å²) >= 11 is 0. The lowest BCUT2D eigenvalue weighted by molar-refractivity contribution is -0.130. The van der Waals surface area contributed by atoms with Crippen molar-refractivity contribution in [2.24, 2.45) is 11.1 Å². The molecule has 3 nitrogen and oxygen atoms in total. The van der Waals surface area contributed by atoms with Crippen LogP contribution in [0.5, 0.6) is 0 Å². The van der Waals surface area contributed by atoms with Crippen molar-refractivity contribution in [3.05, 3.63) is 35.6 Å². The molecule has 1 fully saturated rings. The van der Waals surface area contributed by atoms with Gasteiger partial charge in [0.1, 0.15) is 5.82 Å². The van der Waals surface area contributed by atoms with Gasteiger partial charge in [-0.1, -0.05) is 18.6 Å². The van der Waals surface area contributed by atoms with Crippen LogP contribution in [-0.2, 0) is 11.2 Å². The van der Waals surface area contributed by atoms with E-state index in [2.05, 4.69) is 5.32 Å². The Hall–Kier alpha value is -1.42. The summed E-state index contributed by atoms with van der Waals surface area (Å²) in [4.78, 5) is 12.2. The van der Waals surface area contributed by atoms with Gasteiger partial charge in [-0.2, -0.15) is 0 Å². The highest BCUT2D eigenvalue weighted by Gasteiger charge is 2.42. The highest BCUT2D eigenvalue weighted by molar-refractivity contribution is 5.83. The van der Waals surface area contributed by atoms with Gasteiger partial charge in [-0.25, -0.2) is 4.39 Å². The van der Waals surface area contributed by atoms with Crippen LogP contribution in [0.3, 0.4) is 0 Å². The number of hydrogen-bond donors (Lipinski definition) is 2. The molecule has 1 amide bonds. The molecule has 2 atom stereocenters. The fourth-order valence-electron chi connectivity index (χ4n) is 2.65. The Morgan fingerprint density at radius 3 is 2.74 bits per heavy atom. The summed E-state index contributed by atoms with van der Waals surface area (Å²) < 4.78 is 12.8. The van der Waals surface area contributed by atoms with Gasteiger partial charge >= 0.3 is 0 Å². The second-order valence-electron chi connectivity index (χ2n) is 5.55. The molecule has 1 aliphatic carbocycles. The van der Waals surface area contributed by atoms with Crippen molar-refractivity contribution >= 4 is 5.91 Å². The first-order chi connectivity index (χ1) is 9.02. The summed E-state index contributed by atoms with van der Waals surface area (Å²) in [6.07, 6.45) is 3.50. The van der Waals surface area contributed by atoms with E-state index in [-0.39, 0.29) is 17.8 Å². The summed E-state index contributed by atoms with van der Waals surface area (Å²) in [5.41, 5.74) is 6.60. The minimum absolute atomic E-state index is 0.0413. The Balaban J connectivity index is 1.82. The van der Waals surface area contributed by atoms with Gasteiger partial charge in [0, 0.05) is 12.6 Å². The van der Waals surface area contributed by atoms with Gasteiger partial charge in [0.25, 0.3) is 0 Å². The van der Waals surface area contributed by atoms with Crippen LogP contribution in [0.25, 0.3) is 0 Å². The fourth-order valence-corrected chi connectivity index (χ4v) is 2.65. The number of nitrogens with one attached hydrogen (secondary N) is 1. The van der Waals surface area contributed by atoms with Crippen LogP contribution in [0.4, 0.5) is 4.39 Å². The van der Waals surface area contributed by atoms with Gasteiger partial charge in [0.2, 0.25) is 5.91 Å². The predicted octanol–water partition coefficient (Wildman–Crippen LogP) is 2.00. The van der Waals surface area contributed by atoms with Crippen LogP contribution >= 0.6 is 0 Å². The average molecular weight is 264 g/mol. The van der Waals surface area contributed by atoms with Crippen LogP contribution < -0.4 is 11.1 Å². The predicted molar refractivity (Wildman–Crippen MR) is 73.0 cm³/mol. The quantitative estimate of drug-likeness (QED) is 0.874. The van der Waals surface area contributed by atoms with Gasteiger partial charge in [0.15, 0.2) is 0 Å². The molecule has 1 aromatic rings. The van der Waals surface area contributed by atoms with E-state index in [1.165, 1.54) is 12.1 Å². The number of rotatable bonds is 4. The molecule has 1 aromatic carbocycles. The molecule has 19 heavy (non-hydrogen) atoms. The molecule has 1 aliphatic rings. The zero-order chi connectivity index (χ0) is 13.9. The molecule has 0 aliphatic heterocycles. The van der Waals surface area contributed by atoms with E-state index in [9.17, 15) is 9.18 Å². The number of hydrogen-bond acceptors (Lipinski definition) is 2. The number of carbonyl (C=O) groups is 1. The van der Waals surface area contributed by atoms with Gasteiger partial charge in [-0.3, -0.25) is 4.79 Å². The molecule has 3 N–H and O–H groups in total. The van der Waals surface area contributed by atoms with Gasteiger partial charge in [-0.05, 0) is 43.9 Å². The van der Waals surface area contributed by atoms with Crippen molar-refractivity contribution in [1.29, 1.82) is 0 Å². The summed E-state index contributed by atoms with van der Waals surface area (Å²) in [6, 6.07) is 6.31. The maximum atomic E-state index is 12.8. The molecule has 0 radical (unpaired) electrons.